The number of ether oxygens (including phenoxy) is 3. The number of fused-ring (bicyclic) bond motifs is 1. The van der Waals surface area contributed by atoms with E-state index in [1.165, 1.54) is 0 Å². The van der Waals surface area contributed by atoms with Crippen molar-refractivity contribution in [3.05, 3.63) is 73.8 Å². The van der Waals surface area contributed by atoms with E-state index in [1.807, 2.05) is 50.2 Å². The highest BCUT2D eigenvalue weighted by molar-refractivity contribution is 6.07. The number of carbonyl (C=O) groups is 3. The van der Waals surface area contributed by atoms with Gasteiger partial charge in [-0.3, -0.25) is 14.4 Å². The van der Waals surface area contributed by atoms with Crippen LogP contribution < -0.4 is 19.3 Å². The zero-order chi connectivity index (χ0) is 35.3. The SMILES string of the molecule is C=CCN(C(=O)C1N(CCCCCCO)C(=O)[C@@H]2[C@H](C(=O)N(CC=C)c3ccc(OCC)cc3)[C@@]3(C)OC12CC3C)c1ccc(OC)cc1. The van der Waals surface area contributed by atoms with Gasteiger partial charge in [0.05, 0.1) is 31.2 Å². The third-order valence-electron chi connectivity index (χ3n) is 10.6. The Morgan fingerprint density at radius 1 is 0.959 bits per heavy atom. The molecule has 0 aliphatic carbocycles. The van der Waals surface area contributed by atoms with Crippen molar-refractivity contribution in [2.24, 2.45) is 17.8 Å². The molecule has 49 heavy (non-hydrogen) atoms. The van der Waals surface area contributed by atoms with E-state index in [2.05, 4.69) is 20.1 Å². The second kappa shape index (κ2) is 15.2. The molecule has 5 rings (SSSR count). The van der Waals surface area contributed by atoms with Crippen molar-refractivity contribution in [3.63, 3.8) is 0 Å². The van der Waals surface area contributed by atoms with E-state index < -0.39 is 29.1 Å². The van der Waals surface area contributed by atoms with E-state index in [-0.39, 0.29) is 43.3 Å². The fourth-order valence-corrected chi connectivity index (χ4v) is 8.25. The van der Waals surface area contributed by atoms with Crippen LogP contribution in [0.4, 0.5) is 11.4 Å². The highest BCUT2D eigenvalue weighted by atomic mass is 16.5. The molecule has 6 atom stereocenters. The average Bonchev–Trinajstić information content (AvgIpc) is 3.62. The minimum Gasteiger partial charge on any atom is -0.497 e. The van der Waals surface area contributed by atoms with Crippen molar-refractivity contribution < 1.29 is 33.7 Å². The Morgan fingerprint density at radius 2 is 1.53 bits per heavy atom. The first-order valence-electron chi connectivity index (χ1n) is 17.4. The standard InChI is InChI=1S/C39H51N3O7/c1-7-22-40(28-16-20-31(21-17-28)48-9-3)35(44)32-33-36(45)42(24-12-10-11-13-25-43)34(39(33)26-27(4)38(32,5)49-39)37(46)41(23-8-2)29-14-18-30(47-6)19-15-29/h7-8,14-21,27,32-34,43H,1-2,9-13,22-26H2,3-6H3/t27?,32-,33+,34?,38+,39?/m1/s1. The summed E-state index contributed by atoms with van der Waals surface area (Å²) in [5.74, 6) is -1.14. The number of unbranched alkanes of at least 4 members (excludes halogenated alkanes) is 3. The Labute approximate surface area is 290 Å². The molecular formula is C39H51N3O7. The molecule has 264 valence electrons. The fraction of sp³-hybridized carbons (Fsp3) is 0.513. The molecule has 10 nitrogen and oxygen atoms in total. The number of methoxy groups -OCH3 is 1. The summed E-state index contributed by atoms with van der Waals surface area (Å²) in [6.07, 6.45) is 6.74. The fourth-order valence-electron chi connectivity index (χ4n) is 8.25. The maximum atomic E-state index is 15.0. The number of amides is 3. The lowest BCUT2D eigenvalue weighted by Crippen LogP contribution is -2.57. The summed E-state index contributed by atoms with van der Waals surface area (Å²) in [4.78, 5) is 49.6. The second-order valence-electron chi connectivity index (χ2n) is 13.5. The highest BCUT2D eigenvalue weighted by Gasteiger charge is 2.80. The zero-order valence-electron chi connectivity index (χ0n) is 29.3. The summed E-state index contributed by atoms with van der Waals surface area (Å²) in [5, 5.41) is 9.30. The zero-order valence-corrected chi connectivity index (χ0v) is 29.3. The van der Waals surface area contributed by atoms with Gasteiger partial charge >= 0.3 is 0 Å². The molecule has 2 aromatic rings. The third-order valence-corrected chi connectivity index (χ3v) is 10.6. The van der Waals surface area contributed by atoms with Gasteiger partial charge in [-0.1, -0.05) is 31.9 Å². The van der Waals surface area contributed by atoms with Crippen LogP contribution >= 0.6 is 0 Å². The average molecular weight is 674 g/mol. The lowest BCUT2D eigenvalue weighted by molar-refractivity contribution is -0.145. The van der Waals surface area contributed by atoms with Gasteiger partial charge in [-0.25, -0.2) is 0 Å². The Balaban J connectivity index is 1.56. The predicted molar refractivity (Wildman–Crippen MR) is 190 cm³/mol. The van der Waals surface area contributed by atoms with Crippen molar-refractivity contribution in [2.75, 3.05) is 49.8 Å². The first-order chi connectivity index (χ1) is 23.6. The number of anilines is 2. The molecule has 2 bridgehead atoms. The summed E-state index contributed by atoms with van der Waals surface area (Å²) in [7, 11) is 1.59. The molecule has 3 aliphatic rings. The molecule has 0 saturated carbocycles. The molecule has 0 aromatic heterocycles. The van der Waals surface area contributed by atoms with Gasteiger partial charge in [-0.05, 0) is 87.6 Å². The Hall–Kier alpha value is -4.15. The monoisotopic (exact) mass is 673 g/mol. The molecule has 0 radical (unpaired) electrons. The van der Waals surface area contributed by atoms with E-state index in [1.54, 1.807) is 46.1 Å². The smallest absolute Gasteiger partial charge is 0.253 e. The van der Waals surface area contributed by atoms with Gasteiger partial charge in [-0.2, -0.15) is 0 Å². The number of carbonyl (C=O) groups excluding carboxylic acids is 3. The van der Waals surface area contributed by atoms with E-state index in [9.17, 15) is 19.5 Å². The van der Waals surface area contributed by atoms with Gasteiger partial charge in [0.25, 0.3) is 5.91 Å². The summed E-state index contributed by atoms with van der Waals surface area (Å²) < 4.78 is 18.0. The molecule has 1 N–H and O–H groups in total. The van der Waals surface area contributed by atoms with Crippen LogP contribution in [0, 0.1) is 17.8 Å². The summed E-state index contributed by atoms with van der Waals surface area (Å²) in [6, 6.07) is 13.6. The van der Waals surface area contributed by atoms with Crippen LogP contribution in [-0.4, -0.2) is 84.9 Å². The van der Waals surface area contributed by atoms with E-state index in [4.69, 9.17) is 14.2 Å². The summed E-state index contributed by atoms with van der Waals surface area (Å²) in [5.41, 5.74) is -0.861. The molecule has 3 unspecified atom stereocenters. The normalized spacial score (nSPS) is 26.7. The maximum Gasteiger partial charge on any atom is 0.253 e. The van der Waals surface area contributed by atoms with Gasteiger partial charge < -0.3 is 34.0 Å². The largest absolute Gasteiger partial charge is 0.497 e. The number of hydrogen-bond donors (Lipinski definition) is 1. The molecule has 3 saturated heterocycles. The molecule has 10 heteroatoms. The van der Waals surface area contributed by atoms with Crippen molar-refractivity contribution in [1.29, 1.82) is 0 Å². The first-order valence-corrected chi connectivity index (χ1v) is 17.4. The molecular weight excluding hydrogens is 622 g/mol. The second-order valence-corrected chi connectivity index (χ2v) is 13.5. The van der Waals surface area contributed by atoms with Crippen molar-refractivity contribution in [3.8, 4) is 11.5 Å². The number of rotatable bonds is 17. The van der Waals surface area contributed by atoms with E-state index >= 15 is 0 Å². The summed E-state index contributed by atoms with van der Waals surface area (Å²) >= 11 is 0. The molecule has 2 aromatic carbocycles. The van der Waals surface area contributed by atoms with Crippen molar-refractivity contribution >= 4 is 29.1 Å². The van der Waals surface area contributed by atoms with Crippen LogP contribution in [0.3, 0.4) is 0 Å². The molecule has 3 aliphatic heterocycles. The minimum absolute atomic E-state index is 0.106. The first kappa shape index (κ1) is 36.1. The van der Waals surface area contributed by atoms with Gasteiger partial charge in [0.2, 0.25) is 11.8 Å². The molecule has 1 spiro atoms. The van der Waals surface area contributed by atoms with E-state index in [0.29, 0.717) is 55.3 Å². The number of aliphatic hydroxyl groups is 1. The van der Waals surface area contributed by atoms with Crippen LogP contribution in [0.2, 0.25) is 0 Å². The summed E-state index contributed by atoms with van der Waals surface area (Å²) in [6.45, 7) is 15.2. The Kier molecular flexibility index (Phi) is 11.2. The van der Waals surface area contributed by atoms with Crippen LogP contribution in [0.15, 0.2) is 73.8 Å². The van der Waals surface area contributed by atoms with Gasteiger partial charge in [0.15, 0.2) is 0 Å². The maximum absolute atomic E-state index is 15.0. The molecule has 3 fully saturated rings. The predicted octanol–water partition coefficient (Wildman–Crippen LogP) is 5.40. The van der Waals surface area contributed by atoms with Gasteiger partial charge in [-0.15, -0.1) is 13.2 Å². The van der Waals surface area contributed by atoms with Gasteiger partial charge in [0.1, 0.15) is 23.1 Å². The van der Waals surface area contributed by atoms with Crippen molar-refractivity contribution in [1.82, 2.24) is 4.90 Å². The molecule has 3 amide bonds. The van der Waals surface area contributed by atoms with Crippen LogP contribution in [0.25, 0.3) is 0 Å². The topological polar surface area (TPSA) is 109 Å². The lowest BCUT2D eigenvalue weighted by atomic mass is 9.62. The van der Waals surface area contributed by atoms with Crippen LogP contribution in [-0.2, 0) is 19.1 Å². The van der Waals surface area contributed by atoms with Crippen LogP contribution in [0.5, 0.6) is 11.5 Å². The number of likely N-dealkylation sites (tertiary alicyclic amines) is 1. The Morgan fingerprint density at radius 3 is 2.08 bits per heavy atom. The quantitative estimate of drug-likeness (QED) is 0.177. The Bertz CT molecular complexity index is 1510. The number of nitrogens with zero attached hydrogens (tertiary/aromatic N) is 3. The number of aliphatic hydroxyl groups excluding tert-OH is 1. The third kappa shape index (κ3) is 6.48. The number of hydrogen-bond acceptors (Lipinski definition) is 7. The molecule has 3 heterocycles. The number of benzene rings is 2. The minimum atomic E-state index is -1.20. The highest BCUT2D eigenvalue weighted by Crippen LogP contribution is 2.65. The lowest BCUT2D eigenvalue weighted by Gasteiger charge is -2.39. The van der Waals surface area contributed by atoms with Gasteiger partial charge in [0, 0.05) is 37.6 Å². The van der Waals surface area contributed by atoms with Crippen LogP contribution in [0.1, 0.15) is 52.9 Å². The van der Waals surface area contributed by atoms with E-state index in [0.717, 1.165) is 12.8 Å². The van der Waals surface area contributed by atoms with Crippen molar-refractivity contribution in [2.45, 2.75) is 70.1 Å².